The smallest absolute Gasteiger partial charge is 0.251 e. The minimum atomic E-state index is 0.0230. The number of hydrogen-bond acceptors (Lipinski definition) is 1. The number of hydrogen-bond donors (Lipinski definition) is 1. The third kappa shape index (κ3) is 2.65. The normalized spacial score (nSPS) is 16.5. The first-order valence-electron chi connectivity index (χ1n) is 8.28. The number of benzene rings is 1. The van der Waals surface area contributed by atoms with Gasteiger partial charge < -0.3 is 9.88 Å². The molecule has 1 N–H and O–H groups in total. The standard InChI is InChI=1S/C19H26N2O/c1-12(2)16-10-14-6-7-15(11-17(14)21(16)13(3)4)18(22)20-19(5)8-9-19/h6-7,10-13H,8-9H2,1-5H3,(H,20,22). The fraction of sp³-hybridized carbons (Fsp3) is 0.526. The number of rotatable bonds is 4. The molecule has 0 atom stereocenters. The third-order valence-corrected chi connectivity index (χ3v) is 4.66. The number of amides is 1. The lowest BCUT2D eigenvalue weighted by atomic mass is 10.1. The number of aromatic nitrogens is 1. The summed E-state index contributed by atoms with van der Waals surface area (Å²) in [7, 11) is 0. The fourth-order valence-electron chi connectivity index (χ4n) is 3.06. The Kier molecular flexibility index (Phi) is 3.54. The molecule has 3 nitrogen and oxygen atoms in total. The van der Waals surface area contributed by atoms with Crippen molar-refractivity contribution >= 4 is 16.8 Å². The molecule has 0 radical (unpaired) electrons. The largest absolute Gasteiger partial charge is 0.347 e. The van der Waals surface area contributed by atoms with E-state index >= 15 is 0 Å². The Balaban J connectivity index is 2.04. The van der Waals surface area contributed by atoms with Crippen molar-refractivity contribution in [3.8, 4) is 0 Å². The summed E-state index contributed by atoms with van der Waals surface area (Å²) in [5.74, 6) is 0.516. The zero-order valence-electron chi connectivity index (χ0n) is 14.2. The quantitative estimate of drug-likeness (QED) is 0.877. The highest BCUT2D eigenvalue weighted by Gasteiger charge is 2.38. The lowest BCUT2D eigenvalue weighted by Crippen LogP contribution is -2.34. The number of carbonyl (C=O) groups excluding carboxylic acids is 1. The average Bonchev–Trinajstić information content (AvgIpc) is 3.03. The van der Waals surface area contributed by atoms with Gasteiger partial charge in [0, 0.05) is 28.4 Å². The van der Waals surface area contributed by atoms with Gasteiger partial charge in [-0.15, -0.1) is 0 Å². The number of carbonyl (C=O) groups is 1. The average molecular weight is 298 g/mol. The topological polar surface area (TPSA) is 34.0 Å². The van der Waals surface area contributed by atoms with E-state index in [1.807, 2.05) is 12.1 Å². The van der Waals surface area contributed by atoms with Crippen molar-refractivity contribution in [1.82, 2.24) is 9.88 Å². The van der Waals surface area contributed by atoms with Gasteiger partial charge >= 0.3 is 0 Å². The minimum Gasteiger partial charge on any atom is -0.347 e. The SMILES string of the molecule is CC(C)c1cc2ccc(C(=O)NC3(C)CC3)cc2n1C(C)C. The maximum absolute atomic E-state index is 12.4. The molecule has 1 amide bonds. The number of fused-ring (bicyclic) bond motifs is 1. The molecular formula is C19H26N2O. The molecule has 3 rings (SSSR count). The second kappa shape index (κ2) is 5.15. The minimum absolute atomic E-state index is 0.0230. The second-order valence-corrected chi connectivity index (χ2v) is 7.48. The van der Waals surface area contributed by atoms with Crippen LogP contribution >= 0.6 is 0 Å². The van der Waals surface area contributed by atoms with Gasteiger partial charge in [0.2, 0.25) is 0 Å². The van der Waals surface area contributed by atoms with Crippen LogP contribution in [0, 0.1) is 0 Å². The molecule has 1 aromatic heterocycles. The van der Waals surface area contributed by atoms with Crippen molar-refractivity contribution in [1.29, 1.82) is 0 Å². The van der Waals surface area contributed by atoms with Crippen LogP contribution in [0.2, 0.25) is 0 Å². The van der Waals surface area contributed by atoms with Crippen LogP contribution < -0.4 is 5.32 Å². The molecule has 1 aromatic carbocycles. The molecule has 1 aliphatic carbocycles. The van der Waals surface area contributed by atoms with E-state index < -0.39 is 0 Å². The van der Waals surface area contributed by atoms with Crippen LogP contribution in [0.25, 0.3) is 10.9 Å². The van der Waals surface area contributed by atoms with Gasteiger partial charge in [-0.2, -0.15) is 0 Å². The van der Waals surface area contributed by atoms with Gasteiger partial charge in [0.25, 0.3) is 5.91 Å². The maximum Gasteiger partial charge on any atom is 0.251 e. The molecule has 1 aliphatic rings. The molecule has 1 fully saturated rings. The van der Waals surface area contributed by atoms with Gasteiger partial charge in [0.15, 0.2) is 0 Å². The Labute approximate surface area is 132 Å². The van der Waals surface area contributed by atoms with E-state index in [-0.39, 0.29) is 11.4 Å². The van der Waals surface area contributed by atoms with Crippen LogP contribution in [0.4, 0.5) is 0 Å². The van der Waals surface area contributed by atoms with E-state index in [9.17, 15) is 4.79 Å². The van der Waals surface area contributed by atoms with Crippen molar-refractivity contribution < 1.29 is 4.79 Å². The number of nitrogens with zero attached hydrogens (tertiary/aromatic N) is 1. The summed E-state index contributed by atoms with van der Waals surface area (Å²) in [5, 5.41) is 4.36. The Morgan fingerprint density at radius 3 is 2.41 bits per heavy atom. The summed E-state index contributed by atoms with van der Waals surface area (Å²) in [6.45, 7) is 10.9. The summed E-state index contributed by atoms with van der Waals surface area (Å²) >= 11 is 0. The molecule has 0 aliphatic heterocycles. The molecule has 0 saturated heterocycles. The molecule has 118 valence electrons. The predicted molar refractivity (Wildman–Crippen MR) is 91.5 cm³/mol. The van der Waals surface area contributed by atoms with Crippen molar-refractivity contribution in [2.24, 2.45) is 0 Å². The predicted octanol–water partition coefficient (Wildman–Crippen LogP) is 4.63. The highest BCUT2D eigenvalue weighted by Crippen LogP contribution is 2.35. The molecule has 3 heteroatoms. The second-order valence-electron chi connectivity index (χ2n) is 7.48. The Bertz CT molecular complexity index is 720. The van der Waals surface area contributed by atoms with Crippen molar-refractivity contribution in [2.75, 3.05) is 0 Å². The van der Waals surface area contributed by atoms with Gasteiger partial charge in [-0.25, -0.2) is 0 Å². The third-order valence-electron chi connectivity index (χ3n) is 4.66. The van der Waals surface area contributed by atoms with Crippen LogP contribution in [0.3, 0.4) is 0 Å². The van der Waals surface area contributed by atoms with E-state index in [2.05, 4.69) is 56.6 Å². The van der Waals surface area contributed by atoms with Gasteiger partial charge in [0.1, 0.15) is 0 Å². The fourth-order valence-corrected chi connectivity index (χ4v) is 3.06. The Morgan fingerprint density at radius 2 is 1.86 bits per heavy atom. The van der Waals surface area contributed by atoms with Gasteiger partial charge in [-0.3, -0.25) is 4.79 Å². The summed E-state index contributed by atoms with van der Waals surface area (Å²) in [5.41, 5.74) is 3.27. The van der Waals surface area contributed by atoms with Gasteiger partial charge in [0.05, 0.1) is 0 Å². The van der Waals surface area contributed by atoms with Crippen molar-refractivity contribution in [3.63, 3.8) is 0 Å². The van der Waals surface area contributed by atoms with Crippen LogP contribution in [0.5, 0.6) is 0 Å². The first-order chi connectivity index (χ1) is 10.3. The van der Waals surface area contributed by atoms with Gasteiger partial charge in [-0.05, 0) is 63.1 Å². The molecule has 22 heavy (non-hydrogen) atoms. The Morgan fingerprint density at radius 1 is 1.18 bits per heavy atom. The summed E-state index contributed by atoms with van der Waals surface area (Å²) in [6, 6.07) is 8.70. The summed E-state index contributed by atoms with van der Waals surface area (Å²) < 4.78 is 2.36. The lowest BCUT2D eigenvalue weighted by Gasteiger charge is -2.17. The van der Waals surface area contributed by atoms with E-state index in [1.54, 1.807) is 0 Å². The zero-order valence-corrected chi connectivity index (χ0v) is 14.2. The molecule has 0 spiro atoms. The lowest BCUT2D eigenvalue weighted by molar-refractivity contribution is 0.0935. The van der Waals surface area contributed by atoms with Gasteiger partial charge in [-0.1, -0.05) is 19.9 Å². The molecule has 1 heterocycles. The van der Waals surface area contributed by atoms with E-state index in [0.29, 0.717) is 12.0 Å². The first kappa shape index (κ1) is 15.1. The van der Waals surface area contributed by atoms with E-state index in [1.165, 1.54) is 11.1 Å². The van der Waals surface area contributed by atoms with Crippen LogP contribution in [-0.2, 0) is 0 Å². The van der Waals surface area contributed by atoms with Crippen molar-refractivity contribution in [2.45, 2.75) is 65.0 Å². The highest BCUT2D eigenvalue weighted by atomic mass is 16.1. The summed E-state index contributed by atoms with van der Waals surface area (Å²) in [6.07, 6.45) is 2.17. The Hall–Kier alpha value is -1.77. The first-order valence-corrected chi connectivity index (χ1v) is 8.28. The summed E-state index contributed by atoms with van der Waals surface area (Å²) in [4.78, 5) is 12.4. The molecule has 0 unspecified atom stereocenters. The van der Waals surface area contributed by atoms with E-state index in [0.717, 1.165) is 23.9 Å². The van der Waals surface area contributed by atoms with Crippen LogP contribution in [-0.4, -0.2) is 16.0 Å². The van der Waals surface area contributed by atoms with Crippen LogP contribution in [0.15, 0.2) is 24.3 Å². The maximum atomic E-state index is 12.4. The molecule has 0 bridgehead atoms. The van der Waals surface area contributed by atoms with Crippen molar-refractivity contribution in [3.05, 3.63) is 35.5 Å². The number of nitrogens with one attached hydrogen (secondary N) is 1. The van der Waals surface area contributed by atoms with E-state index in [4.69, 9.17) is 0 Å². The molecule has 2 aromatic rings. The van der Waals surface area contributed by atoms with Crippen LogP contribution in [0.1, 0.15) is 75.5 Å². The monoisotopic (exact) mass is 298 g/mol. The zero-order chi connectivity index (χ0) is 16.1. The molecular weight excluding hydrogens is 272 g/mol. The highest BCUT2D eigenvalue weighted by molar-refractivity contribution is 5.98. The molecule has 1 saturated carbocycles.